The van der Waals surface area contributed by atoms with Gasteiger partial charge in [0.2, 0.25) is 0 Å². The fourth-order valence-corrected chi connectivity index (χ4v) is 8.26. The summed E-state index contributed by atoms with van der Waals surface area (Å²) in [6.07, 6.45) is -14.7. The number of alkyl halides is 12. The van der Waals surface area contributed by atoms with Crippen molar-refractivity contribution in [3.05, 3.63) is 201 Å². The van der Waals surface area contributed by atoms with Gasteiger partial charge in [-0.1, -0.05) is 72.8 Å². The molecule has 0 saturated carbocycles. The van der Waals surface area contributed by atoms with Gasteiger partial charge in [0, 0.05) is 35.6 Å². The van der Waals surface area contributed by atoms with Crippen LogP contribution in [0.3, 0.4) is 0 Å². The van der Waals surface area contributed by atoms with Crippen LogP contribution in [-0.2, 0) is 60.2 Å². The Balaban J connectivity index is 0.000000191. The third kappa shape index (κ3) is 11.1. The van der Waals surface area contributed by atoms with E-state index in [9.17, 15) is 52.7 Å². The highest BCUT2D eigenvalue weighted by molar-refractivity contribution is 5.41. The standard InChI is InChI=1S/2C24H19F6NO/c2*25-23(26,27)17-11-15(12-18(13-17)24(28,29)30)14-32-21-9-8-20-19(7-4-10-31-20)22(21)16-5-2-1-3-6-16/h2*1-7,10-13,21-22H,8-9,14H2/t2*21-,22-/m10/s1. The summed E-state index contributed by atoms with van der Waals surface area (Å²) in [6, 6.07) is 29.5. The molecule has 336 valence electrons. The highest BCUT2D eigenvalue weighted by atomic mass is 19.4. The topological polar surface area (TPSA) is 44.2 Å². The molecule has 0 bridgehead atoms. The Bertz CT molecular complexity index is 2270. The second-order valence-corrected chi connectivity index (χ2v) is 15.5. The maximum Gasteiger partial charge on any atom is 0.416 e. The molecular formula is C48H38F12N2O2. The monoisotopic (exact) mass is 902 g/mol. The number of halogens is 12. The minimum absolute atomic E-state index is 0.124. The molecule has 6 aromatic rings. The number of aryl methyl sites for hydroxylation is 2. The van der Waals surface area contributed by atoms with Gasteiger partial charge in [0.05, 0.1) is 47.7 Å². The minimum atomic E-state index is -4.89. The summed E-state index contributed by atoms with van der Waals surface area (Å²) >= 11 is 0. The van der Waals surface area contributed by atoms with Crippen molar-refractivity contribution in [2.75, 3.05) is 0 Å². The first-order valence-corrected chi connectivity index (χ1v) is 20.0. The average molecular weight is 903 g/mol. The number of hydrogen-bond acceptors (Lipinski definition) is 4. The van der Waals surface area contributed by atoms with Gasteiger partial charge in [-0.25, -0.2) is 0 Å². The molecule has 0 saturated heterocycles. The van der Waals surface area contributed by atoms with Crippen molar-refractivity contribution in [3.8, 4) is 0 Å². The largest absolute Gasteiger partial charge is 0.416 e. The van der Waals surface area contributed by atoms with Gasteiger partial charge < -0.3 is 9.47 Å². The van der Waals surface area contributed by atoms with Gasteiger partial charge in [0.1, 0.15) is 0 Å². The van der Waals surface area contributed by atoms with Gasteiger partial charge in [-0.15, -0.1) is 0 Å². The van der Waals surface area contributed by atoms with Crippen LogP contribution in [0.5, 0.6) is 0 Å². The molecule has 16 heteroatoms. The minimum Gasteiger partial charge on any atom is -0.373 e. The summed E-state index contributed by atoms with van der Waals surface area (Å²) in [4.78, 5) is 8.84. The van der Waals surface area contributed by atoms with E-state index in [1.165, 1.54) is 0 Å². The third-order valence-electron chi connectivity index (χ3n) is 11.1. The zero-order valence-electron chi connectivity index (χ0n) is 33.5. The molecule has 4 atom stereocenters. The molecule has 0 unspecified atom stereocenters. The van der Waals surface area contributed by atoms with Crippen molar-refractivity contribution in [1.29, 1.82) is 0 Å². The maximum atomic E-state index is 13.2. The number of fused-ring (bicyclic) bond motifs is 2. The molecule has 0 spiro atoms. The molecule has 2 aliphatic carbocycles. The number of hydrogen-bond donors (Lipinski definition) is 0. The van der Waals surface area contributed by atoms with Crippen molar-refractivity contribution in [2.45, 2.75) is 87.6 Å². The lowest BCUT2D eigenvalue weighted by atomic mass is 9.79. The summed E-state index contributed by atoms with van der Waals surface area (Å²) in [5.74, 6) is -0.442. The number of aromatic nitrogens is 2. The van der Waals surface area contributed by atoms with E-state index < -0.39 is 59.2 Å². The van der Waals surface area contributed by atoms with Gasteiger partial charge in [0.15, 0.2) is 0 Å². The van der Waals surface area contributed by atoms with E-state index in [4.69, 9.17) is 9.47 Å². The highest BCUT2D eigenvalue weighted by Crippen LogP contribution is 2.42. The summed E-state index contributed by atoms with van der Waals surface area (Å²) < 4.78 is 170. The number of nitrogens with zero attached hydrogens (tertiary/aromatic N) is 2. The molecule has 2 aromatic heterocycles. The fraction of sp³-hybridized carbons (Fsp3) is 0.292. The van der Waals surface area contributed by atoms with Crippen LogP contribution in [-0.4, -0.2) is 22.2 Å². The van der Waals surface area contributed by atoms with Crippen molar-refractivity contribution < 1.29 is 62.2 Å². The predicted molar refractivity (Wildman–Crippen MR) is 212 cm³/mol. The lowest BCUT2D eigenvalue weighted by molar-refractivity contribution is -0.144. The van der Waals surface area contributed by atoms with Gasteiger partial charge in [-0.2, -0.15) is 52.7 Å². The molecule has 0 amide bonds. The lowest BCUT2D eigenvalue weighted by Gasteiger charge is -2.33. The number of pyridine rings is 2. The molecule has 0 radical (unpaired) electrons. The molecule has 0 aliphatic heterocycles. The predicted octanol–water partition coefficient (Wildman–Crippen LogP) is 13.6. The molecule has 2 aliphatic rings. The van der Waals surface area contributed by atoms with E-state index in [0.717, 1.165) is 33.6 Å². The van der Waals surface area contributed by atoms with Crippen LogP contribution in [0.1, 0.15) is 91.7 Å². The Labute approximate surface area is 359 Å². The van der Waals surface area contributed by atoms with Crippen molar-refractivity contribution in [2.24, 2.45) is 0 Å². The summed E-state index contributed by atoms with van der Waals surface area (Å²) in [5, 5.41) is 0. The third-order valence-corrected chi connectivity index (χ3v) is 11.1. The number of ether oxygens (including phenoxy) is 2. The molecule has 4 nitrogen and oxygen atoms in total. The number of rotatable bonds is 8. The van der Waals surface area contributed by atoms with E-state index in [1.807, 2.05) is 72.8 Å². The van der Waals surface area contributed by atoms with Crippen LogP contribution < -0.4 is 0 Å². The lowest BCUT2D eigenvalue weighted by Crippen LogP contribution is -2.29. The van der Waals surface area contributed by atoms with E-state index in [2.05, 4.69) is 9.97 Å². The van der Waals surface area contributed by atoms with Gasteiger partial charge in [0.25, 0.3) is 0 Å². The SMILES string of the molecule is FC(F)(F)c1cc(CO[C@@H]2CCc3ncccc3[C@H]2c2ccccc2)cc(C(F)(F)F)c1.FC(F)(F)c1cc(CO[C@H]2CCc3ncccc3[C@@H]2c2ccccc2)cc(C(F)(F)F)c1. The van der Waals surface area contributed by atoms with Crippen molar-refractivity contribution in [1.82, 2.24) is 9.97 Å². The summed E-state index contributed by atoms with van der Waals surface area (Å²) in [7, 11) is 0. The van der Waals surface area contributed by atoms with Crippen LogP contribution in [0.4, 0.5) is 52.7 Å². The highest BCUT2D eigenvalue weighted by Gasteiger charge is 2.39. The van der Waals surface area contributed by atoms with Crippen LogP contribution in [0.2, 0.25) is 0 Å². The molecular weight excluding hydrogens is 865 g/mol. The van der Waals surface area contributed by atoms with Crippen LogP contribution in [0, 0.1) is 0 Å². The molecule has 4 aromatic carbocycles. The maximum absolute atomic E-state index is 13.2. The van der Waals surface area contributed by atoms with Gasteiger partial charge in [-0.3, -0.25) is 9.97 Å². The first-order chi connectivity index (χ1) is 30.3. The Morgan fingerprint density at radius 1 is 0.422 bits per heavy atom. The zero-order chi connectivity index (χ0) is 45.9. The Morgan fingerprint density at radius 3 is 1.06 bits per heavy atom. The molecule has 0 N–H and O–H groups in total. The summed E-state index contributed by atoms with van der Waals surface area (Å²) in [6.45, 7) is -0.729. The molecule has 8 rings (SSSR count). The summed E-state index contributed by atoms with van der Waals surface area (Å²) in [5.41, 5.74) is -0.0751. The molecule has 64 heavy (non-hydrogen) atoms. The van der Waals surface area contributed by atoms with E-state index >= 15 is 0 Å². The van der Waals surface area contributed by atoms with Crippen LogP contribution >= 0.6 is 0 Å². The molecule has 2 heterocycles. The van der Waals surface area contributed by atoms with Gasteiger partial charge in [-0.05, 0) is 108 Å². The second-order valence-electron chi connectivity index (χ2n) is 15.5. The molecule has 0 fully saturated rings. The fourth-order valence-electron chi connectivity index (χ4n) is 8.26. The van der Waals surface area contributed by atoms with Crippen LogP contribution in [0.15, 0.2) is 134 Å². The quantitative estimate of drug-likeness (QED) is 0.143. The first kappa shape index (κ1) is 46.3. The zero-order valence-corrected chi connectivity index (χ0v) is 33.5. The van der Waals surface area contributed by atoms with Crippen molar-refractivity contribution in [3.63, 3.8) is 0 Å². The van der Waals surface area contributed by atoms with E-state index in [-0.39, 0.29) is 48.3 Å². The average Bonchev–Trinajstić information content (AvgIpc) is 3.26. The van der Waals surface area contributed by atoms with Gasteiger partial charge >= 0.3 is 24.7 Å². The van der Waals surface area contributed by atoms with Crippen LogP contribution in [0.25, 0.3) is 0 Å². The Morgan fingerprint density at radius 2 is 0.750 bits per heavy atom. The normalized spacial score (nSPS) is 18.9. The second kappa shape index (κ2) is 18.8. The first-order valence-electron chi connectivity index (χ1n) is 20.0. The Kier molecular flexibility index (Phi) is 13.6. The van der Waals surface area contributed by atoms with Crippen molar-refractivity contribution >= 4 is 0 Å². The Hall–Kier alpha value is -5.74. The number of benzene rings is 4. The smallest absolute Gasteiger partial charge is 0.373 e. The van der Waals surface area contributed by atoms with E-state index in [0.29, 0.717) is 49.9 Å². The van der Waals surface area contributed by atoms with E-state index in [1.54, 1.807) is 24.5 Å².